The van der Waals surface area contributed by atoms with Crippen LogP contribution in [-0.2, 0) is 9.53 Å². The number of methoxy groups -OCH3 is 1. The second kappa shape index (κ2) is 12.9. The van der Waals surface area contributed by atoms with Crippen molar-refractivity contribution in [3.8, 4) is 22.6 Å². The molecule has 0 radical (unpaired) electrons. The molecule has 8 nitrogen and oxygen atoms in total. The average molecular weight is 559 g/mol. The van der Waals surface area contributed by atoms with Crippen LogP contribution >= 0.6 is 11.3 Å². The van der Waals surface area contributed by atoms with E-state index in [4.69, 9.17) is 14.2 Å². The SMILES string of the molecule is CCOC(=O)c1c(-c2ccc(C)cc2)csc1NC(=O)COc1ccc(C(=O)Nc2cc(C)ccc2OC)cc1. The highest BCUT2D eigenvalue weighted by molar-refractivity contribution is 7.15. The van der Waals surface area contributed by atoms with Crippen LogP contribution in [0.15, 0.2) is 72.1 Å². The molecule has 2 N–H and O–H groups in total. The standard InChI is InChI=1S/C31H30N2O6S/c1-5-38-31(36)28-24(21-9-6-19(2)7-10-21)18-40-30(28)33-27(34)17-39-23-13-11-22(12-14-23)29(35)32-25-16-20(3)8-15-26(25)37-4/h6-16,18H,5,17H2,1-4H3,(H,32,35)(H,33,34). The Morgan fingerprint density at radius 3 is 2.25 bits per heavy atom. The quantitative estimate of drug-likeness (QED) is 0.216. The molecule has 0 unspecified atom stereocenters. The summed E-state index contributed by atoms with van der Waals surface area (Å²) < 4.78 is 16.2. The molecule has 1 aromatic heterocycles. The number of ether oxygens (including phenoxy) is 3. The summed E-state index contributed by atoms with van der Waals surface area (Å²) in [6.07, 6.45) is 0. The largest absolute Gasteiger partial charge is 0.495 e. The smallest absolute Gasteiger partial charge is 0.341 e. The predicted octanol–water partition coefficient (Wildman–Crippen LogP) is 6.49. The van der Waals surface area contributed by atoms with Crippen LogP contribution in [0.2, 0.25) is 0 Å². The summed E-state index contributed by atoms with van der Waals surface area (Å²) in [6, 6.07) is 19.7. The van der Waals surface area contributed by atoms with Gasteiger partial charge in [-0.05, 0) is 68.3 Å². The number of aryl methyl sites for hydroxylation is 2. The Balaban J connectivity index is 1.40. The molecule has 1 heterocycles. The normalized spacial score (nSPS) is 10.5. The highest BCUT2D eigenvalue weighted by atomic mass is 32.1. The third-order valence-corrected chi connectivity index (χ3v) is 6.87. The highest BCUT2D eigenvalue weighted by Crippen LogP contribution is 2.36. The number of rotatable bonds is 10. The zero-order valence-corrected chi connectivity index (χ0v) is 23.5. The topological polar surface area (TPSA) is 103 Å². The van der Waals surface area contributed by atoms with Gasteiger partial charge in [-0.1, -0.05) is 35.9 Å². The number of thiophene rings is 1. The van der Waals surface area contributed by atoms with Crippen LogP contribution in [0.4, 0.5) is 10.7 Å². The van der Waals surface area contributed by atoms with Gasteiger partial charge in [-0.15, -0.1) is 11.3 Å². The van der Waals surface area contributed by atoms with E-state index in [9.17, 15) is 14.4 Å². The van der Waals surface area contributed by atoms with E-state index >= 15 is 0 Å². The van der Waals surface area contributed by atoms with Gasteiger partial charge in [0, 0.05) is 16.5 Å². The van der Waals surface area contributed by atoms with E-state index in [0.29, 0.717) is 38.9 Å². The number of carbonyl (C=O) groups is 3. The molecule has 3 aromatic carbocycles. The summed E-state index contributed by atoms with van der Waals surface area (Å²) in [6.45, 7) is 5.57. The molecule has 0 fully saturated rings. The predicted molar refractivity (Wildman–Crippen MR) is 157 cm³/mol. The number of carbonyl (C=O) groups excluding carboxylic acids is 3. The van der Waals surface area contributed by atoms with Crippen molar-refractivity contribution in [3.63, 3.8) is 0 Å². The number of hydrogen-bond acceptors (Lipinski definition) is 7. The minimum atomic E-state index is -0.507. The first-order chi connectivity index (χ1) is 19.3. The second-order valence-electron chi connectivity index (χ2n) is 8.96. The summed E-state index contributed by atoms with van der Waals surface area (Å²) in [4.78, 5) is 38.2. The summed E-state index contributed by atoms with van der Waals surface area (Å²) >= 11 is 1.25. The van der Waals surface area contributed by atoms with Crippen LogP contribution in [0, 0.1) is 13.8 Å². The molecule has 40 heavy (non-hydrogen) atoms. The number of amides is 2. The third kappa shape index (κ3) is 6.86. The molecule has 9 heteroatoms. The van der Waals surface area contributed by atoms with E-state index in [0.717, 1.165) is 16.7 Å². The molecule has 0 atom stereocenters. The van der Waals surface area contributed by atoms with Gasteiger partial charge in [0.25, 0.3) is 11.8 Å². The zero-order valence-electron chi connectivity index (χ0n) is 22.7. The van der Waals surface area contributed by atoms with Gasteiger partial charge in [0.1, 0.15) is 22.1 Å². The van der Waals surface area contributed by atoms with E-state index in [-0.39, 0.29) is 19.1 Å². The maximum Gasteiger partial charge on any atom is 0.341 e. The lowest BCUT2D eigenvalue weighted by atomic mass is 10.0. The van der Waals surface area contributed by atoms with Crippen LogP contribution in [0.1, 0.15) is 38.8 Å². The first kappa shape index (κ1) is 28.4. The number of benzene rings is 3. The van der Waals surface area contributed by atoms with Gasteiger partial charge in [0.15, 0.2) is 6.61 Å². The Kier molecular flexibility index (Phi) is 9.19. The summed E-state index contributed by atoms with van der Waals surface area (Å²) in [5.41, 5.74) is 4.93. The molecule has 0 spiro atoms. The van der Waals surface area contributed by atoms with Gasteiger partial charge in [0.2, 0.25) is 0 Å². The van der Waals surface area contributed by atoms with Crippen molar-refractivity contribution < 1.29 is 28.6 Å². The van der Waals surface area contributed by atoms with Crippen LogP contribution in [0.5, 0.6) is 11.5 Å². The van der Waals surface area contributed by atoms with Gasteiger partial charge >= 0.3 is 5.97 Å². The van der Waals surface area contributed by atoms with E-state index in [1.165, 1.54) is 11.3 Å². The maximum absolute atomic E-state index is 12.8. The number of nitrogens with one attached hydrogen (secondary N) is 2. The Labute approximate surface area is 236 Å². The maximum atomic E-state index is 12.8. The fourth-order valence-corrected chi connectivity index (χ4v) is 4.90. The Morgan fingerprint density at radius 1 is 0.875 bits per heavy atom. The number of hydrogen-bond donors (Lipinski definition) is 2. The zero-order chi connectivity index (χ0) is 28.6. The lowest BCUT2D eigenvalue weighted by Gasteiger charge is -2.12. The van der Waals surface area contributed by atoms with E-state index in [1.54, 1.807) is 44.4 Å². The third-order valence-electron chi connectivity index (χ3n) is 5.98. The van der Waals surface area contributed by atoms with E-state index in [2.05, 4.69) is 10.6 Å². The molecule has 2 amide bonds. The van der Waals surface area contributed by atoms with Gasteiger partial charge < -0.3 is 24.8 Å². The lowest BCUT2D eigenvalue weighted by Crippen LogP contribution is -2.21. The van der Waals surface area contributed by atoms with Gasteiger partial charge in [-0.3, -0.25) is 9.59 Å². The Hall–Kier alpha value is -4.63. The van der Waals surface area contributed by atoms with E-state index in [1.807, 2.05) is 55.6 Å². The molecule has 0 bridgehead atoms. The fourth-order valence-electron chi connectivity index (χ4n) is 3.93. The molecule has 0 saturated carbocycles. The summed E-state index contributed by atoms with van der Waals surface area (Å²) in [5.74, 6) is -0.268. The highest BCUT2D eigenvalue weighted by Gasteiger charge is 2.23. The molecular formula is C31H30N2O6S. The molecule has 0 aliphatic carbocycles. The fraction of sp³-hybridized carbons (Fsp3) is 0.194. The molecule has 4 aromatic rings. The first-order valence-electron chi connectivity index (χ1n) is 12.6. The van der Waals surface area contributed by atoms with Crippen molar-refractivity contribution in [3.05, 3.63) is 94.4 Å². The molecule has 0 aliphatic rings. The van der Waals surface area contributed by atoms with Crippen molar-refractivity contribution >= 4 is 39.8 Å². The van der Waals surface area contributed by atoms with Gasteiger partial charge in [-0.25, -0.2) is 4.79 Å². The minimum Gasteiger partial charge on any atom is -0.495 e. The lowest BCUT2D eigenvalue weighted by molar-refractivity contribution is -0.118. The monoisotopic (exact) mass is 558 g/mol. The number of esters is 1. The average Bonchev–Trinajstić information content (AvgIpc) is 3.36. The van der Waals surface area contributed by atoms with Crippen molar-refractivity contribution in [2.45, 2.75) is 20.8 Å². The summed E-state index contributed by atoms with van der Waals surface area (Å²) in [5, 5.41) is 7.83. The molecule has 4 rings (SSSR count). The second-order valence-corrected chi connectivity index (χ2v) is 9.84. The van der Waals surface area contributed by atoms with Crippen LogP contribution in [0.25, 0.3) is 11.1 Å². The Morgan fingerprint density at radius 2 is 1.57 bits per heavy atom. The van der Waals surface area contributed by atoms with Crippen molar-refractivity contribution in [1.82, 2.24) is 0 Å². The van der Waals surface area contributed by atoms with Crippen LogP contribution in [0.3, 0.4) is 0 Å². The molecule has 0 saturated heterocycles. The minimum absolute atomic E-state index is 0.213. The first-order valence-corrected chi connectivity index (χ1v) is 13.5. The van der Waals surface area contributed by atoms with Crippen molar-refractivity contribution in [2.24, 2.45) is 0 Å². The molecule has 206 valence electrons. The molecule has 0 aliphatic heterocycles. The van der Waals surface area contributed by atoms with Gasteiger partial charge in [-0.2, -0.15) is 0 Å². The van der Waals surface area contributed by atoms with Crippen LogP contribution < -0.4 is 20.1 Å². The Bertz CT molecular complexity index is 1510. The summed E-state index contributed by atoms with van der Waals surface area (Å²) in [7, 11) is 1.54. The van der Waals surface area contributed by atoms with Gasteiger partial charge in [0.05, 0.1) is 19.4 Å². The number of anilines is 2. The van der Waals surface area contributed by atoms with Crippen molar-refractivity contribution in [1.29, 1.82) is 0 Å². The van der Waals surface area contributed by atoms with Crippen LogP contribution in [-0.4, -0.2) is 38.1 Å². The van der Waals surface area contributed by atoms with E-state index < -0.39 is 11.9 Å². The van der Waals surface area contributed by atoms with Crippen molar-refractivity contribution in [2.75, 3.05) is 31.0 Å². The molecular weight excluding hydrogens is 528 g/mol.